The minimum atomic E-state index is 0.0697. The third-order valence-electron chi connectivity index (χ3n) is 3.44. The van der Waals surface area contributed by atoms with Gasteiger partial charge >= 0.3 is 0 Å². The molecule has 1 amide bonds. The fourth-order valence-corrected chi connectivity index (χ4v) is 2.38. The zero-order valence-electron chi connectivity index (χ0n) is 13.7. The molecule has 3 N–H and O–H groups in total. The Bertz CT molecular complexity index is 374. The number of rotatable bonds is 7. The fourth-order valence-electron chi connectivity index (χ4n) is 2.38. The molecule has 0 spiro atoms. The largest absolute Gasteiger partial charge is 0.356 e. The molecule has 0 fully saturated rings. The van der Waals surface area contributed by atoms with Gasteiger partial charge in [0.05, 0.1) is 0 Å². The van der Waals surface area contributed by atoms with Crippen molar-refractivity contribution in [2.45, 2.75) is 58.4 Å². The van der Waals surface area contributed by atoms with Crippen LogP contribution in [0.2, 0.25) is 0 Å². The van der Waals surface area contributed by atoms with Crippen molar-refractivity contribution in [3.8, 4) is 0 Å². The molecular weight excluding hydrogens is 264 g/mol. The molecule has 0 radical (unpaired) electrons. The number of hydrogen-bond acceptors (Lipinski definition) is 2. The van der Waals surface area contributed by atoms with Gasteiger partial charge in [-0.15, -0.1) is 0 Å². The Morgan fingerprint density at radius 2 is 2.05 bits per heavy atom. The van der Waals surface area contributed by atoms with Crippen LogP contribution in [0.4, 0.5) is 0 Å². The summed E-state index contributed by atoms with van der Waals surface area (Å²) in [5.74, 6) is 0.837. The van der Waals surface area contributed by atoms with Gasteiger partial charge in [-0.1, -0.05) is 11.6 Å². The van der Waals surface area contributed by atoms with E-state index in [2.05, 4.69) is 27.0 Å². The standard InChI is InChI=1S/C16H30N4O/c1-13(2)20-15(21)10-12-19-16(17-3)18-11-9-14-7-5-4-6-8-14/h7,13H,4-6,8-12H2,1-3H3,(H,20,21)(H2,17,18,19). The van der Waals surface area contributed by atoms with Gasteiger partial charge in [-0.05, 0) is 46.0 Å². The van der Waals surface area contributed by atoms with E-state index in [-0.39, 0.29) is 11.9 Å². The second-order valence-corrected chi connectivity index (χ2v) is 5.76. The lowest BCUT2D eigenvalue weighted by atomic mass is 9.97. The zero-order valence-corrected chi connectivity index (χ0v) is 13.7. The smallest absolute Gasteiger partial charge is 0.221 e. The van der Waals surface area contributed by atoms with Gasteiger partial charge in [0.2, 0.25) is 5.91 Å². The molecule has 0 saturated carbocycles. The summed E-state index contributed by atoms with van der Waals surface area (Å²) in [5, 5.41) is 9.34. The molecular formula is C16H30N4O. The minimum absolute atomic E-state index is 0.0697. The van der Waals surface area contributed by atoms with Crippen LogP contribution < -0.4 is 16.0 Å². The molecule has 0 aromatic heterocycles. The van der Waals surface area contributed by atoms with Crippen molar-refractivity contribution in [2.75, 3.05) is 20.1 Å². The average molecular weight is 294 g/mol. The maximum atomic E-state index is 11.5. The maximum Gasteiger partial charge on any atom is 0.221 e. The first kappa shape index (κ1) is 17.5. The number of nitrogens with one attached hydrogen (secondary N) is 3. The van der Waals surface area contributed by atoms with Crippen LogP contribution in [0.3, 0.4) is 0 Å². The normalized spacial score (nSPS) is 15.6. The average Bonchev–Trinajstić information content (AvgIpc) is 2.46. The van der Waals surface area contributed by atoms with Crippen LogP contribution in [0.15, 0.2) is 16.6 Å². The number of nitrogens with zero attached hydrogens (tertiary/aromatic N) is 1. The van der Waals surface area contributed by atoms with E-state index < -0.39 is 0 Å². The Hall–Kier alpha value is -1.52. The van der Waals surface area contributed by atoms with Crippen molar-refractivity contribution in [3.05, 3.63) is 11.6 Å². The first-order chi connectivity index (χ1) is 10.1. The summed E-state index contributed by atoms with van der Waals surface area (Å²) >= 11 is 0. The van der Waals surface area contributed by atoms with Crippen LogP contribution in [-0.4, -0.2) is 38.0 Å². The molecule has 0 heterocycles. The number of amides is 1. The fraction of sp³-hybridized carbons (Fsp3) is 0.750. The number of hydrogen-bond donors (Lipinski definition) is 3. The number of carbonyl (C=O) groups is 1. The molecule has 0 atom stereocenters. The number of carbonyl (C=O) groups excluding carboxylic acids is 1. The lowest BCUT2D eigenvalue weighted by molar-refractivity contribution is -0.121. The van der Waals surface area contributed by atoms with E-state index in [1.807, 2.05) is 13.8 Å². The second-order valence-electron chi connectivity index (χ2n) is 5.76. The topological polar surface area (TPSA) is 65.5 Å². The van der Waals surface area contributed by atoms with Crippen LogP contribution in [0.1, 0.15) is 52.4 Å². The highest BCUT2D eigenvalue weighted by molar-refractivity contribution is 5.81. The molecule has 0 saturated heterocycles. The van der Waals surface area contributed by atoms with Crippen molar-refractivity contribution in [1.29, 1.82) is 0 Å². The molecule has 5 nitrogen and oxygen atoms in total. The first-order valence-corrected chi connectivity index (χ1v) is 8.03. The van der Waals surface area contributed by atoms with Gasteiger partial charge < -0.3 is 16.0 Å². The van der Waals surface area contributed by atoms with E-state index in [1.165, 1.54) is 25.7 Å². The molecule has 1 aliphatic carbocycles. The summed E-state index contributed by atoms with van der Waals surface area (Å²) in [6, 6.07) is 0.193. The Morgan fingerprint density at radius 3 is 2.67 bits per heavy atom. The summed E-state index contributed by atoms with van der Waals surface area (Å²) in [6.45, 7) is 5.42. The number of allylic oxidation sites excluding steroid dienone is 1. The first-order valence-electron chi connectivity index (χ1n) is 8.03. The minimum Gasteiger partial charge on any atom is -0.356 e. The van der Waals surface area contributed by atoms with Crippen molar-refractivity contribution < 1.29 is 4.79 Å². The van der Waals surface area contributed by atoms with Crippen LogP contribution in [-0.2, 0) is 4.79 Å². The SMILES string of the molecule is CN=C(NCCC(=O)NC(C)C)NCCC1=CCCCC1. The highest BCUT2D eigenvalue weighted by Crippen LogP contribution is 2.19. The lowest BCUT2D eigenvalue weighted by Crippen LogP contribution is -2.40. The maximum absolute atomic E-state index is 11.5. The quantitative estimate of drug-likeness (QED) is 0.382. The third-order valence-corrected chi connectivity index (χ3v) is 3.44. The summed E-state index contributed by atoms with van der Waals surface area (Å²) < 4.78 is 0. The van der Waals surface area contributed by atoms with Crippen molar-refractivity contribution in [3.63, 3.8) is 0 Å². The van der Waals surface area contributed by atoms with Gasteiger partial charge in [0, 0.05) is 32.6 Å². The number of aliphatic imine (C=N–C) groups is 1. The summed E-state index contributed by atoms with van der Waals surface area (Å²) in [4.78, 5) is 15.7. The summed E-state index contributed by atoms with van der Waals surface area (Å²) in [5.41, 5.74) is 1.56. The molecule has 5 heteroatoms. The van der Waals surface area contributed by atoms with Crippen LogP contribution >= 0.6 is 0 Å². The monoisotopic (exact) mass is 294 g/mol. The molecule has 0 unspecified atom stereocenters. The van der Waals surface area contributed by atoms with Gasteiger partial charge in [0.1, 0.15) is 0 Å². The van der Waals surface area contributed by atoms with Crippen molar-refractivity contribution in [2.24, 2.45) is 4.99 Å². The van der Waals surface area contributed by atoms with Gasteiger partial charge in [0.25, 0.3) is 0 Å². The van der Waals surface area contributed by atoms with Crippen LogP contribution in [0.25, 0.3) is 0 Å². The van der Waals surface area contributed by atoms with E-state index in [0.29, 0.717) is 13.0 Å². The summed E-state index contributed by atoms with van der Waals surface area (Å²) in [7, 11) is 1.75. The molecule has 21 heavy (non-hydrogen) atoms. The Labute approximate surface area is 128 Å². The molecule has 1 rings (SSSR count). The lowest BCUT2D eigenvalue weighted by Gasteiger charge is -2.15. The van der Waals surface area contributed by atoms with Crippen molar-refractivity contribution >= 4 is 11.9 Å². The molecule has 0 aliphatic heterocycles. The van der Waals surface area contributed by atoms with Gasteiger partial charge in [-0.2, -0.15) is 0 Å². The van der Waals surface area contributed by atoms with E-state index in [0.717, 1.165) is 18.9 Å². The van der Waals surface area contributed by atoms with Gasteiger partial charge in [-0.3, -0.25) is 9.79 Å². The molecule has 1 aliphatic rings. The Kier molecular flexibility index (Phi) is 8.55. The number of guanidine groups is 1. The van der Waals surface area contributed by atoms with Crippen LogP contribution in [0.5, 0.6) is 0 Å². The third kappa shape index (κ3) is 8.38. The predicted octanol–water partition coefficient (Wildman–Crippen LogP) is 1.96. The molecule has 120 valence electrons. The molecule has 0 aromatic rings. The zero-order chi connectivity index (χ0) is 15.5. The second kappa shape index (κ2) is 10.2. The Morgan fingerprint density at radius 1 is 1.29 bits per heavy atom. The highest BCUT2D eigenvalue weighted by Gasteiger charge is 2.05. The van der Waals surface area contributed by atoms with E-state index in [1.54, 1.807) is 12.6 Å². The van der Waals surface area contributed by atoms with E-state index in [9.17, 15) is 4.79 Å². The van der Waals surface area contributed by atoms with E-state index >= 15 is 0 Å². The van der Waals surface area contributed by atoms with Crippen LogP contribution in [0, 0.1) is 0 Å². The summed E-state index contributed by atoms with van der Waals surface area (Å²) in [6.07, 6.45) is 9.04. The Balaban J connectivity index is 2.14. The highest BCUT2D eigenvalue weighted by atomic mass is 16.1. The van der Waals surface area contributed by atoms with Gasteiger partial charge in [-0.25, -0.2) is 0 Å². The van der Waals surface area contributed by atoms with Crippen molar-refractivity contribution in [1.82, 2.24) is 16.0 Å². The predicted molar refractivity (Wildman–Crippen MR) is 88.4 cm³/mol. The van der Waals surface area contributed by atoms with E-state index in [4.69, 9.17) is 0 Å². The van der Waals surface area contributed by atoms with Gasteiger partial charge in [0.15, 0.2) is 5.96 Å². The molecule has 0 bridgehead atoms. The molecule has 0 aromatic carbocycles.